The van der Waals surface area contributed by atoms with Gasteiger partial charge in [0.25, 0.3) is 0 Å². The zero-order chi connectivity index (χ0) is 11.0. The summed E-state index contributed by atoms with van der Waals surface area (Å²) in [5, 5.41) is 5.81. The molecule has 3 heteroatoms. The summed E-state index contributed by atoms with van der Waals surface area (Å²) in [6.07, 6.45) is 0. The molecular formula is C12H17N3. The first-order valence-electron chi connectivity index (χ1n) is 5.32. The molecule has 0 amide bonds. The van der Waals surface area contributed by atoms with Crippen LogP contribution in [-0.4, -0.2) is 9.78 Å². The van der Waals surface area contributed by atoms with Crippen LogP contribution in [0.4, 0.5) is 0 Å². The molecule has 0 saturated heterocycles. The van der Waals surface area contributed by atoms with Crippen LogP contribution in [-0.2, 0) is 6.54 Å². The van der Waals surface area contributed by atoms with Crippen molar-refractivity contribution in [1.82, 2.24) is 9.78 Å². The van der Waals surface area contributed by atoms with E-state index in [1.807, 2.05) is 4.68 Å². The lowest BCUT2D eigenvalue weighted by Gasteiger charge is -2.08. The number of nitrogens with zero attached hydrogens (tertiary/aromatic N) is 2. The van der Waals surface area contributed by atoms with Crippen LogP contribution >= 0.6 is 0 Å². The summed E-state index contributed by atoms with van der Waals surface area (Å²) < 4.78 is 2.03. The molecule has 1 heterocycles. The predicted octanol–water partition coefficient (Wildman–Crippen LogP) is 2.38. The molecule has 0 aliphatic rings. The quantitative estimate of drug-likeness (QED) is 0.814. The fourth-order valence-corrected chi connectivity index (χ4v) is 1.95. The van der Waals surface area contributed by atoms with Crippen LogP contribution in [0.3, 0.4) is 0 Å². The summed E-state index contributed by atoms with van der Waals surface area (Å²) in [7, 11) is 0. The van der Waals surface area contributed by atoms with E-state index in [9.17, 15) is 0 Å². The van der Waals surface area contributed by atoms with Crippen molar-refractivity contribution in [3.63, 3.8) is 0 Å². The van der Waals surface area contributed by atoms with Gasteiger partial charge in [-0.05, 0) is 26.3 Å². The van der Waals surface area contributed by atoms with E-state index in [1.54, 1.807) is 0 Å². The smallest absolute Gasteiger partial charge is 0.0955 e. The van der Waals surface area contributed by atoms with E-state index in [2.05, 4.69) is 44.1 Å². The largest absolute Gasteiger partial charge is 0.325 e. The van der Waals surface area contributed by atoms with Gasteiger partial charge >= 0.3 is 0 Å². The maximum atomic E-state index is 5.79. The number of aryl methyl sites for hydroxylation is 1. The Bertz CT molecular complexity index is 483. The van der Waals surface area contributed by atoms with Gasteiger partial charge in [0.15, 0.2) is 0 Å². The molecule has 1 aromatic carbocycles. The molecule has 1 aromatic heterocycles. The van der Waals surface area contributed by atoms with Crippen molar-refractivity contribution in [2.24, 2.45) is 5.73 Å². The fraction of sp³-hybridized carbons (Fsp3) is 0.417. The van der Waals surface area contributed by atoms with Crippen LogP contribution in [0.5, 0.6) is 0 Å². The van der Waals surface area contributed by atoms with Gasteiger partial charge in [-0.3, -0.25) is 4.68 Å². The minimum absolute atomic E-state index is 0.357. The van der Waals surface area contributed by atoms with Gasteiger partial charge in [0, 0.05) is 18.0 Å². The predicted molar refractivity (Wildman–Crippen MR) is 62.7 cm³/mol. The molecule has 0 atom stereocenters. The highest BCUT2D eigenvalue weighted by Gasteiger charge is 2.12. The Kier molecular flexibility index (Phi) is 2.49. The second-order valence-electron chi connectivity index (χ2n) is 4.16. The van der Waals surface area contributed by atoms with Crippen LogP contribution < -0.4 is 5.73 Å². The Morgan fingerprint density at radius 1 is 1.40 bits per heavy atom. The lowest BCUT2D eigenvalue weighted by atomic mass is 10.1. The molecule has 3 nitrogen and oxygen atoms in total. The van der Waals surface area contributed by atoms with Crippen LogP contribution in [0.1, 0.15) is 31.1 Å². The molecule has 0 bridgehead atoms. The van der Waals surface area contributed by atoms with Gasteiger partial charge in [-0.1, -0.05) is 18.2 Å². The van der Waals surface area contributed by atoms with Gasteiger partial charge in [0.2, 0.25) is 0 Å². The van der Waals surface area contributed by atoms with Crippen molar-refractivity contribution in [3.8, 4) is 0 Å². The molecular weight excluding hydrogens is 186 g/mol. The lowest BCUT2D eigenvalue weighted by Crippen LogP contribution is -2.10. The van der Waals surface area contributed by atoms with Gasteiger partial charge in [-0.25, -0.2) is 0 Å². The van der Waals surface area contributed by atoms with E-state index in [1.165, 1.54) is 10.9 Å². The van der Waals surface area contributed by atoms with Crippen molar-refractivity contribution in [2.45, 2.75) is 33.4 Å². The molecule has 80 valence electrons. The standard InChI is InChI=1S/C12H17N3/c1-8(2)15-11(7-13)10-6-4-5-9(3)12(10)14-15/h4-6,8H,7,13H2,1-3H3. The first kappa shape index (κ1) is 10.2. The summed E-state index contributed by atoms with van der Waals surface area (Å²) in [6, 6.07) is 6.59. The maximum Gasteiger partial charge on any atom is 0.0955 e. The molecule has 2 aromatic rings. The van der Waals surface area contributed by atoms with Crippen LogP contribution in [0.25, 0.3) is 10.9 Å². The molecule has 2 rings (SSSR count). The number of benzene rings is 1. The van der Waals surface area contributed by atoms with Crippen molar-refractivity contribution in [2.75, 3.05) is 0 Å². The highest BCUT2D eigenvalue weighted by Crippen LogP contribution is 2.23. The normalized spacial score (nSPS) is 11.5. The van der Waals surface area contributed by atoms with E-state index in [0.717, 1.165) is 11.2 Å². The molecule has 0 fully saturated rings. The Morgan fingerprint density at radius 2 is 2.13 bits per heavy atom. The zero-order valence-electron chi connectivity index (χ0n) is 9.49. The minimum Gasteiger partial charge on any atom is -0.325 e. The summed E-state index contributed by atoms with van der Waals surface area (Å²) in [6.45, 7) is 6.87. The average Bonchev–Trinajstić information content (AvgIpc) is 2.57. The number of aromatic nitrogens is 2. The van der Waals surface area contributed by atoms with Crippen LogP contribution in [0.2, 0.25) is 0 Å². The minimum atomic E-state index is 0.357. The van der Waals surface area contributed by atoms with Crippen molar-refractivity contribution >= 4 is 10.9 Å². The Hall–Kier alpha value is -1.35. The highest BCUT2D eigenvalue weighted by atomic mass is 15.3. The topological polar surface area (TPSA) is 43.8 Å². The van der Waals surface area contributed by atoms with E-state index in [-0.39, 0.29) is 0 Å². The summed E-state index contributed by atoms with van der Waals surface area (Å²) in [5.41, 5.74) is 9.20. The molecule has 15 heavy (non-hydrogen) atoms. The van der Waals surface area contributed by atoms with Gasteiger partial charge < -0.3 is 5.73 Å². The molecule has 0 saturated carbocycles. The summed E-state index contributed by atoms with van der Waals surface area (Å²) in [4.78, 5) is 0. The molecule has 0 radical (unpaired) electrons. The fourth-order valence-electron chi connectivity index (χ4n) is 1.95. The SMILES string of the molecule is Cc1cccc2c(CN)n(C(C)C)nc12. The van der Waals surface area contributed by atoms with Crippen LogP contribution in [0.15, 0.2) is 18.2 Å². The first-order valence-corrected chi connectivity index (χ1v) is 5.32. The van der Waals surface area contributed by atoms with Gasteiger partial charge in [0.05, 0.1) is 11.2 Å². The van der Waals surface area contributed by atoms with Crippen molar-refractivity contribution in [3.05, 3.63) is 29.5 Å². The number of hydrogen-bond donors (Lipinski definition) is 1. The van der Waals surface area contributed by atoms with Gasteiger partial charge in [-0.2, -0.15) is 5.10 Å². The van der Waals surface area contributed by atoms with Crippen molar-refractivity contribution in [1.29, 1.82) is 0 Å². The summed E-state index contributed by atoms with van der Waals surface area (Å²) >= 11 is 0. The second kappa shape index (κ2) is 3.66. The second-order valence-corrected chi connectivity index (χ2v) is 4.16. The third kappa shape index (κ3) is 1.53. The Labute approximate surface area is 89.9 Å². The third-order valence-electron chi connectivity index (χ3n) is 2.72. The van der Waals surface area contributed by atoms with Gasteiger partial charge in [0.1, 0.15) is 0 Å². The average molecular weight is 203 g/mol. The number of hydrogen-bond acceptors (Lipinski definition) is 2. The van der Waals surface area contributed by atoms with E-state index >= 15 is 0 Å². The third-order valence-corrected chi connectivity index (χ3v) is 2.72. The van der Waals surface area contributed by atoms with E-state index < -0.39 is 0 Å². The van der Waals surface area contributed by atoms with E-state index in [0.29, 0.717) is 12.6 Å². The van der Waals surface area contributed by atoms with Gasteiger partial charge in [-0.15, -0.1) is 0 Å². The first-order chi connectivity index (χ1) is 7.15. The molecule has 0 unspecified atom stereocenters. The zero-order valence-corrected chi connectivity index (χ0v) is 9.49. The summed E-state index contributed by atoms with van der Waals surface area (Å²) in [5.74, 6) is 0. The maximum absolute atomic E-state index is 5.79. The number of fused-ring (bicyclic) bond motifs is 1. The van der Waals surface area contributed by atoms with Crippen molar-refractivity contribution < 1.29 is 0 Å². The molecule has 0 aliphatic carbocycles. The van der Waals surface area contributed by atoms with E-state index in [4.69, 9.17) is 5.73 Å². The molecule has 0 spiro atoms. The Balaban J connectivity index is 2.78. The molecule has 2 N–H and O–H groups in total. The Morgan fingerprint density at radius 3 is 2.73 bits per heavy atom. The molecule has 0 aliphatic heterocycles. The highest BCUT2D eigenvalue weighted by molar-refractivity contribution is 5.84. The monoisotopic (exact) mass is 203 g/mol. The number of rotatable bonds is 2. The lowest BCUT2D eigenvalue weighted by molar-refractivity contribution is 0.515. The van der Waals surface area contributed by atoms with Crippen LogP contribution in [0, 0.1) is 6.92 Å². The number of nitrogens with two attached hydrogens (primary N) is 1.